The lowest BCUT2D eigenvalue weighted by Crippen LogP contribution is -2.03. The first kappa shape index (κ1) is 17.1. The number of nitrogens with one attached hydrogen (secondary N) is 1. The second kappa shape index (κ2) is 6.76. The highest BCUT2D eigenvalue weighted by Crippen LogP contribution is 2.33. The summed E-state index contributed by atoms with van der Waals surface area (Å²) in [6.45, 7) is 6.22. The van der Waals surface area contributed by atoms with E-state index in [1.54, 1.807) is 7.11 Å². The third-order valence-corrected chi connectivity index (χ3v) is 4.78. The highest BCUT2D eigenvalue weighted by Gasteiger charge is 2.15. The van der Waals surface area contributed by atoms with Crippen LogP contribution in [0.4, 0.5) is 11.5 Å². The number of aromatic nitrogens is 3. The molecule has 136 valence electrons. The Morgan fingerprint density at radius 3 is 2.52 bits per heavy atom. The van der Waals surface area contributed by atoms with Crippen LogP contribution in [0.2, 0.25) is 0 Å². The Morgan fingerprint density at radius 1 is 0.926 bits per heavy atom. The van der Waals surface area contributed by atoms with Crippen LogP contribution in [0.3, 0.4) is 0 Å². The van der Waals surface area contributed by atoms with E-state index in [1.807, 2.05) is 48.0 Å². The minimum absolute atomic E-state index is 0.797. The van der Waals surface area contributed by atoms with Gasteiger partial charge in [-0.1, -0.05) is 24.3 Å². The lowest BCUT2D eigenvalue weighted by molar-refractivity contribution is 0.416. The Morgan fingerprint density at radius 2 is 1.74 bits per heavy atom. The number of ether oxygens (including phenoxy) is 1. The van der Waals surface area contributed by atoms with Gasteiger partial charge in [-0.15, -0.1) is 0 Å². The van der Waals surface area contributed by atoms with Crippen LogP contribution < -0.4 is 10.1 Å². The topological polar surface area (TPSA) is 51.5 Å². The Labute approximate surface area is 158 Å². The van der Waals surface area contributed by atoms with E-state index in [0.29, 0.717) is 0 Å². The normalized spacial score (nSPS) is 11.0. The number of hydrogen-bond donors (Lipinski definition) is 1. The average molecular weight is 358 g/mol. The van der Waals surface area contributed by atoms with Gasteiger partial charge < -0.3 is 10.1 Å². The Balaban J connectivity index is 1.84. The van der Waals surface area contributed by atoms with Crippen molar-refractivity contribution < 1.29 is 4.74 Å². The van der Waals surface area contributed by atoms with E-state index in [4.69, 9.17) is 9.72 Å². The minimum Gasteiger partial charge on any atom is -0.496 e. The zero-order chi connectivity index (χ0) is 19.0. The molecule has 2 heterocycles. The molecule has 0 fully saturated rings. The largest absolute Gasteiger partial charge is 0.496 e. The van der Waals surface area contributed by atoms with E-state index in [0.717, 1.165) is 39.7 Å². The summed E-state index contributed by atoms with van der Waals surface area (Å²) in [7, 11) is 1.68. The predicted molar refractivity (Wildman–Crippen MR) is 109 cm³/mol. The molecule has 0 unspecified atom stereocenters. The second-order valence-electron chi connectivity index (χ2n) is 6.70. The first-order valence-corrected chi connectivity index (χ1v) is 8.90. The second-order valence-corrected chi connectivity index (χ2v) is 6.70. The van der Waals surface area contributed by atoms with Crippen molar-refractivity contribution in [3.05, 3.63) is 71.5 Å². The number of hydrogen-bond acceptors (Lipinski definition) is 4. The third kappa shape index (κ3) is 3.12. The number of rotatable bonds is 4. The maximum atomic E-state index is 5.52. The van der Waals surface area contributed by atoms with Gasteiger partial charge in [-0.2, -0.15) is 9.61 Å². The molecule has 0 aliphatic carbocycles. The molecule has 0 aliphatic heterocycles. The van der Waals surface area contributed by atoms with Crippen LogP contribution in [0.1, 0.15) is 16.8 Å². The van der Waals surface area contributed by atoms with E-state index in [9.17, 15) is 0 Å². The number of nitrogens with zero attached hydrogens (tertiary/aromatic N) is 3. The summed E-state index contributed by atoms with van der Waals surface area (Å²) < 4.78 is 7.36. The molecule has 0 spiro atoms. The molecule has 4 aromatic rings. The van der Waals surface area contributed by atoms with Gasteiger partial charge >= 0.3 is 0 Å². The number of aryl methyl sites for hydroxylation is 3. The van der Waals surface area contributed by atoms with Gasteiger partial charge in [0, 0.05) is 23.0 Å². The summed E-state index contributed by atoms with van der Waals surface area (Å²) in [6.07, 6.45) is 1.84. The summed E-state index contributed by atoms with van der Waals surface area (Å²) in [5.41, 5.74) is 7.19. The molecule has 0 radical (unpaired) electrons. The molecule has 0 amide bonds. The molecule has 5 nitrogen and oxygen atoms in total. The van der Waals surface area contributed by atoms with Gasteiger partial charge in [0.15, 0.2) is 5.65 Å². The van der Waals surface area contributed by atoms with Crippen LogP contribution in [-0.2, 0) is 0 Å². The highest BCUT2D eigenvalue weighted by molar-refractivity contribution is 5.82. The molecule has 0 aliphatic rings. The fourth-order valence-electron chi connectivity index (χ4n) is 3.20. The van der Waals surface area contributed by atoms with Crippen LogP contribution in [0.25, 0.3) is 16.8 Å². The van der Waals surface area contributed by atoms with Crippen molar-refractivity contribution in [3.8, 4) is 16.9 Å². The van der Waals surface area contributed by atoms with Crippen molar-refractivity contribution in [2.45, 2.75) is 20.8 Å². The summed E-state index contributed by atoms with van der Waals surface area (Å²) in [5.74, 6) is 1.68. The van der Waals surface area contributed by atoms with Crippen LogP contribution >= 0.6 is 0 Å². The van der Waals surface area contributed by atoms with Gasteiger partial charge in [-0.05, 0) is 50.1 Å². The van der Waals surface area contributed by atoms with Crippen LogP contribution in [0.5, 0.6) is 5.75 Å². The van der Waals surface area contributed by atoms with Crippen molar-refractivity contribution >= 4 is 17.2 Å². The maximum Gasteiger partial charge on any atom is 0.165 e. The van der Waals surface area contributed by atoms with Crippen molar-refractivity contribution in [2.75, 3.05) is 12.4 Å². The van der Waals surface area contributed by atoms with E-state index in [-0.39, 0.29) is 0 Å². The number of anilines is 2. The van der Waals surface area contributed by atoms with Gasteiger partial charge in [-0.3, -0.25) is 0 Å². The number of methoxy groups -OCH3 is 1. The summed E-state index contributed by atoms with van der Waals surface area (Å²) >= 11 is 0. The smallest absolute Gasteiger partial charge is 0.165 e. The number of fused-ring (bicyclic) bond motifs is 1. The third-order valence-electron chi connectivity index (χ3n) is 4.78. The van der Waals surface area contributed by atoms with Gasteiger partial charge in [0.25, 0.3) is 0 Å². The first-order chi connectivity index (χ1) is 13.1. The zero-order valence-electron chi connectivity index (χ0n) is 15.9. The Hall–Kier alpha value is -3.34. The molecule has 1 N–H and O–H groups in total. The fourth-order valence-corrected chi connectivity index (χ4v) is 3.20. The minimum atomic E-state index is 0.797. The van der Waals surface area contributed by atoms with E-state index < -0.39 is 0 Å². The molecule has 0 bridgehead atoms. The van der Waals surface area contributed by atoms with Crippen LogP contribution in [0.15, 0.2) is 54.7 Å². The standard InChI is InChI=1S/C22H22N4O/c1-14-9-10-17(11-15(14)2)25-21-12-16(3)24-22-19(13-23-26(21)22)18-7-5-6-8-20(18)27-4/h5-13,25H,1-4H3. The summed E-state index contributed by atoms with van der Waals surface area (Å²) in [4.78, 5) is 4.73. The fraction of sp³-hybridized carbons (Fsp3) is 0.182. The highest BCUT2D eigenvalue weighted by atomic mass is 16.5. The number of para-hydroxylation sites is 1. The van der Waals surface area contributed by atoms with E-state index in [1.165, 1.54) is 11.1 Å². The predicted octanol–water partition coefficient (Wildman–Crippen LogP) is 5.07. The summed E-state index contributed by atoms with van der Waals surface area (Å²) in [6, 6.07) is 16.3. The molecule has 27 heavy (non-hydrogen) atoms. The molecule has 5 heteroatoms. The Kier molecular flexibility index (Phi) is 4.28. The lowest BCUT2D eigenvalue weighted by Gasteiger charge is -2.12. The zero-order valence-corrected chi connectivity index (χ0v) is 15.9. The van der Waals surface area contributed by atoms with E-state index >= 15 is 0 Å². The van der Waals surface area contributed by atoms with Gasteiger partial charge in [0.1, 0.15) is 11.6 Å². The van der Waals surface area contributed by atoms with Gasteiger partial charge in [0.2, 0.25) is 0 Å². The monoisotopic (exact) mass is 358 g/mol. The molecule has 0 saturated heterocycles. The van der Waals surface area contributed by atoms with Gasteiger partial charge in [-0.25, -0.2) is 4.98 Å². The molecular formula is C22H22N4O. The van der Waals surface area contributed by atoms with Gasteiger partial charge in [0.05, 0.1) is 18.9 Å². The molecule has 0 atom stereocenters. The van der Waals surface area contributed by atoms with E-state index in [2.05, 4.69) is 42.5 Å². The molecule has 2 aromatic heterocycles. The maximum absolute atomic E-state index is 5.52. The average Bonchev–Trinajstić information content (AvgIpc) is 3.08. The molecule has 2 aromatic carbocycles. The first-order valence-electron chi connectivity index (χ1n) is 8.90. The van der Waals surface area contributed by atoms with Crippen molar-refractivity contribution in [3.63, 3.8) is 0 Å². The van der Waals surface area contributed by atoms with Crippen molar-refractivity contribution in [1.82, 2.24) is 14.6 Å². The molecule has 0 saturated carbocycles. The molecule has 4 rings (SSSR count). The number of benzene rings is 2. The quantitative estimate of drug-likeness (QED) is 0.553. The summed E-state index contributed by atoms with van der Waals surface area (Å²) in [5, 5.41) is 8.06. The Bertz CT molecular complexity index is 1130. The van der Waals surface area contributed by atoms with Crippen LogP contribution in [-0.4, -0.2) is 21.7 Å². The van der Waals surface area contributed by atoms with Crippen molar-refractivity contribution in [1.29, 1.82) is 0 Å². The van der Waals surface area contributed by atoms with Crippen LogP contribution in [0, 0.1) is 20.8 Å². The lowest BCUT2D eigenvalue weighted by atomic mass is 10.1. The molecular weight excluding hydrogens is 336 g/mol. The SMILES string of the molecule is COc1ccccc1-c1cnn2c(Nc3ccc(C)c(C)c3)cc(C)nc12. The van der Waals surface area contributed by atoms with Crippen molar-refractivity contribution in [2.24, 2.45) is 0 Å².